The van der Waals surface area contributed by atoms with Crippen LogP contribution in [0.15, 0.2) is 39.8 Å². The first-order chi connectivity index (χ1) is 10.3. The van der Waals surface area contributed by atoms with Crippen molar-refractivity contribution in [3.05, 3.63) is 41.8 Å². The summed E-state index contributed by atoms with van der Waals surface area (Å²) in [6.45, 7) is 6.04. The summed E-state index contributed by atoms with van der Waals surface area (Å²) >= 11 is 0. The van der Waals surface area contributed by atoms with Crippen LogP contribution in [0.25, 0.3) is 17.5 Å². The molecule has 4 heteroatoms. The maximum absolute atomic E-state index is 5.59. The third-order valence-electron chi connectivity index (χ3n) is 2.61. The lowest BCUT2D eigenvalue weighted by Crippen LogP contribution is -1.78. The number of allylic oxidation sites excluding steroid dienone is 1. The monoisotopic (exact) mass is 285 g/mol. The van der Waals surface area contributed by atoms with Gasteiger partial charge in [0.15, 0.2) is 0 Å². The van der Waals surface area contributed by atoms with Crippen LogP contribution in [-0.4, -0.2) is 23.5 Å². The molecule has 0 atom stereocenters. The second kappa shape index (κ2) is 9.64. The molecule has 0 saturated heterocycles. The Labute approximate surface area is 126 Å². The van der Waals surface area contributed by atoms with Gasteiger partial charge in [0.1, 0.15) is 0 Å². The molecular formula is C17H23N3O. The van der Waals surface area contributed by atoms with E-state index in [0.717, 1.165) is 18.4 Å². The predicted octanol–water partition coefficient (Wildman–Crippen LogP) is 4.57. The standard InChI is InChI=1S/C15H17N3O.C2H6/c1-12-7-6-8-13(11-12)15-18-17-14(19-15)9-4-3-5-10-16-2;1-2/h4,6-11H,3,5H2,1-2H3;1-2H3/b9-4+,16-10?;. The third-order valence-corrected chi connectivity index (χ3v) is 2.61. The maximum Gasteiger partial charge on any atom is 0.248 e. The molecule has 1 aromatic carbocycles. The highest BCUT2D eigenvalue weighted by Gasteiger charge is 2.05. The number of unbranched alkanes of at least 4 members (excludes halogenated alkanes) is 1. The van der Waals surface area contributed by atoms with E-state index >= 15 is 0 Å². The van der Waals surface area contributed by atoms with Gasteiger partial charge >= 0.3 is 0 Å². The summed E-state index contributed by atoms with van der Waals surface area (Å²) in [5.41, 5.74) is 2.12. The fourth-order valence-corrected chi connectivity index (χ4v) is 1.68. The predicted molar refractivity (Wildman–Crippen MR) is 88.5 cm³/mol. The Bertz CT molecular complexity index is 585. The average Bonchev–Trinajstić information content (AvgIpc) is 2.98. The van der Waals surface area contributed by atoms with Crippen LogP contribution in [0.4, 0.5) is 0 Å². The molecule has 0 N–H and O–H groups in total. The van der Waals surface area contributed by atoms with Crippen LogP contribution in [-0.2, 0) is 0 Å². The Hall–Kier alpha value is -2.23. The molecule has 2 rings (SSSR count). The molecule has 0 amide bonds. The summed E-state index contributed by atoms with van der Waals surface area (Å²) in [5, 5.41) is 8.05. The van der Waals surface area contributed by atoms with Crippen molar-refractivity contribution in [2.45, 2.75) is 33.6 Å². The number of aliphatic imine (C=N–C) groups is 1. The zero-order chi connectivity index (χ0) is 15.5. The molecule has 0 aliphatic carbocycles. The third kappa shape index (κ3) is 5.73. The number of rotatable bonds is 5. The number of benzene rings is 1. The van der Waals surface area contributed by atoms with E-state index < -0.39 is 0 Å². The summed E-state index contributed by atoms with van der Waals surface area (Å²) in [5.74, 6) is 1.09. The van der Waals surface area contributed by atoms with Gasteiger partial charge in [-0.1, -0.05) is 37.6 Å². The van der Waals surface area contributed by atoms with Gasteiger partial charge in [0.2, 0.25) is 11.8 Å². The normalized spacial score (nSPS) is 10.9. The van der Waals surface area contributed by atoms with Crippen molar-refractivity contribution in [1.29, 1.82) is 0 Å². The topological polar surface area (TPSA) is 51.3 Å². The van der Waals surface area contributed by atoms with Crippen LogP contribution in [0.3, 0.4) is 0 Å². The molecule has 0 saturated carbocycles. The molecule has 0 spiro atoms. The quantitative estimate of drug-likeness (QED) is 0.597. The van der Waals surface area contributed by atoms with E-state index in [4.69, 9.17) is 4.42 Å². The highest BCUT2D eigenvalue weighted by molar-refractivity contribution is 5.57. The minimum Gasteiger partial charge on any atom is -0.417 e. The van der Waals surface area contributed by atoms with Crippen molar-refractivity contribution >= 4 is 12.3 Å². The Kier molecular flexibility index (Phi) is 7.72. The van der Waals surface area contributed by atoms with Crippen LogP contribution in [0.5, 0.6) is 0 Å². The molecule has 0 unspecified atom stereocenters. The summed E-state index contributed by atoms with van der Waals surface area (Å²) in [6, 6.07) is 8.01. The molecule has 0 radical (unpaired) electrons. The zero-order valence-electron chi connectivity index (χ0n) is 13.2. The van der Waals surface area contributed by atoms with Gasteiger partial charge in [0.05, 0.1) is 0 Å². The van der Waals surface area contributed by atoms with Crippen LogP contribution < -0.4 is 0 Å². The van der Waals surface area contributed by atoms with Crippen molar-refractivity contribution in [3.8, 4) is 11.5 Å². The van der Waals surface area contributed by atoms with Gasteiger partial charge in [-0.25, -0.2) is 0 Å². The minimum absolute atomic E-state index is 0.532. The van der Waals surface area contributed by atoms with Crippen molar-refractivity contribution in [2.24, 2.45) is 4.99 Å². The fourth-order valence-electron chi connectivity index (χ4n) is 1.68. The van der Waals surface area contributed by atoms with Gasteiger partial charge in [0, 0.05) is 12.6 Å². The van der Waals surface area contributed by atoms with E-state index in [2.05, 4.69) is 15.2 Å². The first-order valence-electron chi connectivity index (χ1n) is 7.27. The van der Waals surface area contributed by atoms with Gasteiger partial charge in [0.25, 0.3) is 0 Å². The number of aryl methyl sites for hydroxylation is 1. The molecule has 0 bridgehead atoms. The van der Waals surface area contributed by atoms with E-state index in [9.17, 15) is 0 Å². The highest BCUT2D eigenvalue weighted by Crippen LogP contribution is 2.19. The van der Waals surface area contributed by atoms with Gasteiger partial charge in [-0.15, -0.1) is 10.2 Å². The summed E-state index contributed by atoms with van der Waals surface area (Å²) in [4.78, 5) is 3.92. The van der Waals surface area contributed by atoms with Crippen molar-refractivity contribution < 1.29 is 4.42 Å². The largest absolute Gasteiger partial charge is 0.417 e. The lowest BCUT2D eigenvalue weighted by Gasteiger charge is -1.95. The molecule has 4 nitrogen and oxygen atoms in total. The van der Waals surface area contributed by atoms with Crippen molar-refractivity contribution in [3.63, 3.8) is 0 Å². The van der Waals surface area contributed by atoms with E-state index in [-0.39, 0.29) is 0 Å². The molecule has 0 aliphatic heterocycles. The van der Waals surface area contributed by atoms with E-state index in [0.29, 0.717) is 11.8 Å². The van der Waals surface area contributed by atoms with Crippen molar-refractivity contribution in [1.82, 2.24) is 10.2 Å². The first-order valence-corrected chi connectivity index (χ1v) is 7.27. The Balaban J connectivity index is 0.00000106. The molecule has 21 heavy (non-hydrogen) atoms. The molecule has 1 aromatic heterocycles. The highest BCUT2D eigenvalue weighted by atomic mass is 16.4. The second-order valence-electron chi connectivity index (χ2n) is 4.24. The van der Waals surface area contributed by atoms with E-state index in [1.54, 1.807) is 7.05 Å². The van der Waals surface area contributed by atoms with Crippen LogP contribution in [0.2, 0.25) is 0 Å². The molecule has 0 fully saturated rings. The average molecular weight is 285 g/mol. The summed E-state index contributed by atoms with van der Waals surface area (Å²) in [6.07, 6.45) is 7.58. The number of nitrogens with zero attached hydrogens (tertiary/aromatic N) is 3. The Morgan fingerprint density at radius 3 is 2.71 bits per heavy atom. The smallest absolute Gasteiger partial charge is 0.248 e. The van der Waals surface area contributed by atoms with Crippen LogP contribution in [0.1, 0.15) is 38.1 Å². The molecule has 1 heterocycles. The molecular weight excluding hydrogens is 262 g/mol. The Morgan fingerprint density at radius 1 is 1.19 bits per heavy atom. The van der Waals surface area contributed by atoms with Gasteiger partial charge in [-0.3, -0.25) is 0 Å². The molecule has 0 aliphatic rings. The lowest BCUT2D eigenvalue weighted by molar-refractivity contribution is 0.557. The zero-order valence-corrected chi connectivity index (χ0v) is 13.2. The van der Waals surface area contributed by atoms with Gasteiger partial charge in [-0.2, -0.15) is 0 Å². The van der Waals surface area contributed by atoms with Crippen molar-refractivity contribution in [2.75, 3.05) is 7.05 Å². The molecule has 112 valence electrons. The van der Waals surface area contributed by atoms with Gasteiger partial charge < -0.3 is 9.41 Å². The van der Waals surface area contributed by atoms with Crippen LogP contribution in [0, 0.1) is 6.92 Å². The van der Waals surface area contributed by atoms with Crippen LogP contribution >= 0.6 is 0 Å². The molecule has 2 aromatic rings. The SMILES string of the molecule is CC.CN=CCC/C=C/c1nnc(-c2cccc(C)c2)o1. The summed E-state index contributed by atoms with van der Waals surface area (Å²) in [7, 11) is 1.77. The fraction of sp³-hybridized carbons (Fsp3) is 0.353. The summed E-state index contributed by atoms with van der Waals surface area (Å²) < 4.78 is 5.59. The van der Waals surface area contributed by atoms with E-state index in [1.165, 1.54) is 5.56 Å². The second-order valence-corrected chi connectivity index (χ2v) is 4.24. The Morgan fingerprint density at radius 2 is 2.00 bits per heavy atom. The minimum atomic E-state index is 0.532. The number of hydrogen-bond acceptors (Lipinski definition) is 4. The number of hydrogen-bond donors (Lipinski definition) is 0. The van der Waals surface area contributed by atoms with Gasteiger partial charge in [-0.05, 0) is 44.2 Å². The number of aromatic nitrogens is 2. The first kappa shape index (κ1) is 16.8. The lowest BCUT2D eigenvalue weighted by atomic mass is 10.1. The maximum atomic E-state index is 5.59. The van der Waals surface area contributed by atoms with E-state index in [1.807, 2.05) is 63.4 Å².